The van der Waals surface area contributed by atoms with E-state index < -0.39 is 12.0 Å². The van der Waals surface area contributed by atoms with Crippen molar-refractivity contribution in [2.24, 2.45) is 0 Å². The average molecular weight is 329 g/mol. The van der Waals surface area contributed by atoms with Crippen LogP contribution in [0.15, 0.2) is 18.3 Å². The van der Waals surface area contributed by atoms with Gasteiger partial charge in [-0.25, -0.2) is 14.4 Å². The van der Waals surface area contributed by atoms with Crippen LogP contribution >= 0.6 is 11.8 Å². The van der Waals surface area contributed by atoms with Crippen molar-refractivity contribution in [3.05, 3.63) is 24.2 Å². The van der Waals surface area contributed by atoms with Crippen LogP contribution in [-0.4, -0.2) is 43.2 Å². The standard InChI is InChI=1S/C12H10F3N5OS/c1-22-6-5-21-10-9-18-19-11(12(13,14)15)20(9)8-7(17-10)3-2-4-16-8/h2-4H,5-6H2,1H3. The van der Waals surface area contributed by atoms with E-state index >= 15 is 0 Å². The van der Waals surface area contributed by atoms with Crippen LogP contribution in [0.1, 0.15) is 5.82 Å². The fraction of sp³-hybridized carbons (Fsp3) is 0.333. The van der Waals surface area contributed by atoms with Gasteiger partial charge >= 0.3 is 6.18 Å². The Kier molecular flexibility index (Phi) is 3.77. The van der Waals surface area contributed by atoms with Crippen molar-refractivity contribution in [1.82, 2.24) is 24.6 Å². The lowest BCUT2D eigenvalue weighted by atomic mass is 10.4. The number of hydrogen-bond acceptors (Lipinski definition) is 6. The number of hydrogen-bond donors (Lipinski definition) is 0. The lowest BCUT2D eigenvalue weighted by molar-refractivity contribution is -0.145. The zero-order valence-corrected chi connectivity index (χ0v) is 12.1. The normalized spacial score (nSPS) is 12.2. The summed E-state index contributed by atoms with van der Waals surface area (Å²) in [6, 6.07) is 3.15. The third-order valence-electron chi connectivity index (χ3n) is 2.83. The molecular formula is C12H10F3N5OS. The first kappa shape index (κ1) is 14.8. The molecule has 0 saturated carbocycles. The Hall–Kier alpha value is -2.10. The van der Waals surface area contributed by atoms with E-state index in [0.717, 1.165) is 4.40 Å². The Morgan fingerprint density at radius 1 is 1.27 bits per heavy atom. The summed E-state index contributed by atoms with van der Waals surface area (Å²) in [4.78, 5) is 8.14. The average Bonchev–Trinajstić information content (AvgIpc) is 2.93. The summed E-state index contributed by atoms with van der Waals surface area (Å²) in [6.45, 7) is 0.309. The summed E-state index contributed by atoms with van der Waals surface area (Å²) in [5.74, 6) is -0.458. The maximum Gasteiger partial charge on any atom is 0.452 e. The number of thioether (sulfide) groups is 1. The zero-order chi connectivity index (χ0) is 15.7. The van der Waals surface area contributed by atoms with Gasteiger partial charge in [0.2, 0.25) is 11.5 Å². The monoisotopic (exact) mass is 329 g/mol. The summed E-state index contributed by atoms with van der Waals surface area (Å²) in [6.07, 6.45) is -1.37. The maximum absolute atomic E-state index is 13.1. The first-order chi connectivity index (χ1) is 10.5. The number of alkyl halides is 3. The van der Waals surface area contributed by atoms with Crippen molar-refractivity contribution < 1.29 is 17.9 Å². The SMILES string of the molecule is CSCCOc1nc2cccnc2n2c(C(F)(F)F)nnc12. The fourth-order valence-electron chi connectivity index (χ4n) is 1.93. The summed E-state index contributed by atoms with van der Waals surface area (Å²) in [5, 5.41) is 6.80. The summed E-state index contributed by atoms with van der Waals surface area (Å²) < 4.78 is 45.6. The van der Waals surface area contributed by atoms with Crippen molar-refractivity contribution in [2.75, 3.05) is 18.6 Å². The van der Waals surface area contributed by atoms with Gasteiger partial charge in [-0.1, -0.05) is 0 Å². The maximum atomic E-state index is 13.1. The second-order valence-corrected chi connectivity index (χ2v) is 5.27. The molecular weight excluding hydrogens is 319 g/mol. The summed E-state index contributed by atoms with van der Waals surface area (Å²) >= 11 is 1.55. The molecule has 0 bridgehead atoms. The fourth-order valence-corrected chi connectivity index (χ4v) is 2.18. The van der Waals surface area contributed by atoms with Gasteiger partial charge in [-0.05, 0) is 18.4 Å². The van der Waals surface area contributed by atoms with E-state index in [9.17, 15) is 13.2 Å². The van der Waals surface area contributed by atoms with Gasteiger partial charge in [-0.3, -0.25) is 0 Å². The molecule has 0 unspecified atom stereocenters. The number of aromatic nitrogens is 5. The highest BCUT2D eigenvalue weighted by molar-refractivity contribution is 7.98. The Bertz CT molecular complexity index is 819. The molecule has 0 aliphatic rings. The van der Waals surface area contributed by atoms with Gasteiger partial charge in [-0.2, -0.15) is 24.9 Å². The first-order valence-corrected chi connectivity index (χ1v) is 7.60. The Labute approximate surface area is 126 Å². The molecule has 116 valence electrons. The number of nitrogens with zero attached hydrogens (tertiary/aromatic N) is 5. The van der Waals surface area contributed by atoms with Gasteiger partial charge < -0.3 is 4.74 Å². The first-order valence-electron chi connectivity index (χ1n) is 6.21. The Balaban J connectivity index is 2.26. The van der Waals surface area contributed by atoms with Gasteiger partial charge in [0.25, 0.3) is 5.88 Å². The number of ether oxygens (including phenoxy) is 1. The summed E-state index contributed by atoms with van der Waals surface area (Å²) in [5.41, 5.74) is 0.214. The largest absolute Gasteiger partial charge is 0.474 e. The van der Waals surface area contributed by atoms with Crippen molar-refractivity contribution in [3.63, 3.8) is 0 Å². The molecule has 6 nitrogen and oxygen atoms in total. The van der Waals surface area contributed by atoms with Crippen LogP contribution in [0.2, 0.25) is 0 Å². The molecule has 3 aromatic heterocycles. The van der Waals surface area contributed by atoms with Crippen molar-refractivity contribution >= 4 is 28.6 Å². The Morgan fingerprint density at radius 3 is 2.82 bits per heavy atom. The lowest BCUT2D eigenvalue weighted by Gasteiger charge is -2.09. The molecule has 10 heteroatoms. The number of pyridine rings is 1. The van der Waals surface area contributed by atoms with E-state index in [0.29, 0.717) is 12.4 Å². The molecule has 0 aromatic carbocycles. The van der Waals surface area contributed by atoms with Crippen LogP contribution in [0.3, 0.4) is 0 Å². The van der Waals surface area contributed by atoms with E-state index in [2.05, 4.69) is 20.2 Å². The Morgan fingerprint density at radius 2 is 2.09 bits per heavy atom. The van der Waals surface area contributed by atoms with Crippen LogP contribution in [0, 0.1) is 0 Å². The smallest absolute Gasteiger partial charge is 0.452 e. The molecule has 0 N–H and O–H groups in total. The van der Waals surface area contributed by atoms with Crippen molar-refractivity contribution in [2.45, 2.75) is 6.18 Å². The van der Waals surface area contributed by atoms with Gasteiger partial charge in [0.05, 0.1) is 6.61 Å². The van der Waals surface area contributed by atoms with E-state index in [1.165, 1.54) is 6.20 Å². The highest BCUT2D eigenvalue weighted by atomic mass is 32.2. The highest BCUT2D eigenvalue weighted by Crippen LogP contribution is 2.31. The topological polar surface area (TPSA) is 65.2 Å². The molecule has 0 radical (unpaired) electrons. The molecule has 3 aromatic rings. The molecule has 3 rings (SSSR count). The molecule has 0 aliphatic carbocycles. The van der Waals surface area contributed by atoms with Gasteiger partial charge in [0.1, 0.15) is 5.52 Å². The predicted molar refractivity (Wildman–Crippen MR) is 75.0 cm³/mol. The van der Waals surface area contributed by atoms with Gasteiger partial charge in [0, 0.05) is 11.9 Å². The molecule has 0 fully saturated rings. The quantitative estimate of drug-likeness (QED) is 0.685. The number of fused-ring (bicyclic) bond motifs is 3. The van der Waals surface area contributed by atoms with E-state index in [4.69, 9.17) is 4.74 Å². The van der Waals surface area contributed by atoms with E-state index in [1.807, 2.05) is 6.26 Å². The molecule has 0 amide bonds. The predicted octanol–water partition coefficient (Wildman–Crippen LogP) is 2.43. The molecule has 0 saturated heterocycles. The van der Waals surface area contributed by atoms with Crippen molar-refractivity contribution in [3.8, 4) is 5.88 Å². The minimum atomic E-state index is -4.65. The summed E-state index contributed by atoms with van der Waals surface area (Å²) in [7, 11) is 0. The lowest BCUT2D eigenvalue weighted by Crippen LogP contribution is -2.13. The highest BCUT2D eigenvalue weighted by Gasteiger charge is 2.38. The minimum absolute atomic E-state index is 0.0116. The van der Waals surface area contributed by atoms with Crippen LogP contribution < -0.4 is 4.74 Å². The molecule has 0 aliphatic heterocycles. The molecule has 22 heavy (non-hydrogen) atoms. The van der Waals surface area contributed by atoms with E-state index in [1.54, 1.807) is 23.9 Å². The van der Waals surface area contributed by atoms with Crippen LogP contribution in [0.4, 0.5) is 13.2 Å². The van der Waals surface area contributed by atoms with Gasteiger partial charge in [0.15, 0.2) is 5.65 Å². The third-order valence-corrected chi connectivity index (χ3v) is 3.41. The molecule has 3 heterocycles. The number of rotatable bonds is 4. The van der Waals surface area contributed by atoms with Crippen molar-refractivity contribution in [1.29, 1.82) is 0 Å². The molecule has 0 spiro atoms. The zero-order valence-electron chi connectivity index (χ0n) is 11.3. The number of halogens is 3. The third kappa shape index (κ3) is 2.54. The molecule has 0 atom stereocenters. The van der Waals surface area contributed by atoms with Gasteiger partial charge in [-0.15, -0.1) is 10.2 Å². The minimum Gasteiger partial charge on any atom is -0.474 e. The van der Waals surface area contributed by atoms with Crippen LogP contribution in [0.5, 0.6) is 5.88 Å². The van der Waals surface area contributed by atoms with E-state index in [-0.39, 0.29) is 22.7 Å². The second kappa shape index (κ2) is 5.59. The van der Waals surface area contributed by atoms with Crippen LogP contribution in [0.25, 0.3) is 16.8 Å². The second-order valence-electron chi connectivity index (χ2n) is 4.28. The van der Waals surface area contributed by atoms with Crippen LogP contribution in [-0.2, 0) is 6.18 Å².